The minimum Gasteiger partial charge on any atom is -0.212 e. The lowest BCUT2D eigenvalue weighted by molar-refractivity contribution is 0.293. The van der Waals surface area contributed by atoms with Crippen LogP contribution in [0.15, 0.2) is 0 Å². The van der Waals surface area contributed by atoms with Crippen molar-refractivity contribution in [3.05, 3.63) is 0 Å². The van der Waals surface area contributed by atoms with E-state index >= 15 is 0 Å². The van der Waals surface area contributed by atoms with E-state index in [1.807, 2.05) is 6.92 Å². The van der Waals surface area contributed by atoms with Crippen LogP contribution in [-0.2, 0) is 10.0 Å². The molecule has 4 nitrogen and oxygen atoms in total. The Bertz CT molecular complexity index is 364. The molecule has 1 saturated carbocycles. The lowest BCUT2D eigenvalue weighted by atomic mass is 10.0. The molecule has 16 heavy (non-hydrogen) atoms. The third-order valence-electron chi connectivity index (χ3n) is 3.41. The molecule has 0 spiro atoms. The Balaban J connectivity index is 2.83. The van der Waals surface area contributed by atoms with Crippen LogP contribution in [0.25, 0.3) is 0 Å². The predicted octanol–water partition coefficient (Wildman–Crippen LogP) is 1.88. The van der Waals surface area contributed by atoms with Crippen molar-refractivity contribution < 1.29 is 8.42 Å². The summed E-state index contributed by atoms with van der Waals surface area (Å²) in [5.74, 6) is 0.156. The highest BCUT2D eigenvalue weighted by Gasteiger charge is 2.43. The average molecular weight is 244 g/mol. The molecule has 0 heterocycles. The summed E-state index contributed by atoms with van der Waals surface area (Å²) in [5.41, 5.74) is -0.771. The van der Waals surface area contributed by atoms with Gasteiger partial charge in [-0.25, -0.2) is 8.42 Å². The number of nitriles is 1. The maximum absolute atomic E-state index is 12.0. The number of rotatable bonds is 5. The van der Waals surface area contributed by atoms with Crippen LogP contribution in [0.1, 0.15) is 45.4 Å². The van der Waals surface area contributed by atoms with Crippen LogP contribution < -0.4 is 0 Å². The van der Waals surface area contributed by atoms with Crippen LogP contribution in [0.5, 0.6) is 0 Å². The molecule has 0 radical (unpaired) electrons. The van der Waals surface area contributed by atoms with Gasteiger partial charge in [-0.3, -0.25) is 0 Å². The quantitative estimate of drug-likeness (QED) is 0.742. The number of unbranched alkanes of at least 4 members (excludes halogenated alkanes) is 1. The van der Waals surface area contributed by atoms with Crippen molar-refractivity contribution in [1.82, 2.24) is 4.31 Å². The van der Waals surface area contributed by atoms with E-state index in [1.54, 1.807) is 7.05 Å². The summed E-state index contributed by atoms with van der Waals surface area (Å²) in [4.78, 5) is 0. The van der Waals surface area contributed by atoms with Crippen molar-refractivity contribution in [3.63, 3.8) is 0 Å². The molecule has 0 unspecified atom stereocenters. The molecule has 0 aromatic carbocycles. The second kappa shape index (κ2) is 5.15. The van der Waals surface area contributed by atoms with Gasteiger partial charge in [-0.2, -0.15) is 9.57 Å². The molecule has 1 rings (SSSR count). The fourth-order valence-corrected chi connectivity index (χ4v) is 3.87. The number of hydrogen-bond donors (Lipinski definition) is 0. The molecule has 0 amide bonds. The Kier molecular flexibility index (Phi) is 4.34. The van der Waals surface area contributed by atoms with Crippen LogP contribution in [0, 0.1) is 11.3 Å². The topological polar surface area (TPSA) is 61.2 Å². The van der Waals surface area contributed by atoms with E-state index in [2.05, 4.69) is 6.07 Å². The van der Waals surface area contributed by atoms with Gasteiger partial charge < -0.3 is 0 Å². The van der Waals surface area contributed by atoms with Gasteiger partial charge in [0.2, 0.25) is 10.0 Å². The van der Waals surface area contributed by atoms with E-state index in [4.69, 9.17) is 0 Å². The zero-order valence-electron chi connectivity index (χ0n) is 10.1. The lowest BCUT2D eigenvalue weighted by Gasteiger charge is -2.31. The molecule has 0 aromatic rings. The van der Waals surface area contributed by atoms with Crippen molar-refractivity contribution >= 4 is 10.0 Å². The van der Waals surface area contributed by atoms with E-state index < -0.39 is 15.6 Å². The van der Waals surface area contributed by atoms with Crippen molar-refractivity contribution in [2.75, 3.05) is 12.8 Å². The summed E-state index contributed by atoms with van der Waals surface area (Å²) in [6.07, 6.45) is 4.75. The third-order valence-corrected chi connectivity index (χ3v) is 5.40. The smallest absolute Gasteiger partial charge is 0.212 e. The molecule has 0 N–H and O–H groups in total. The first-order valence-electron chi connectivity index (χ1n) is 5.86. The summed E-state index contributed by atoms with van der Waals surface area (Å²) in [6.45, 7) is 1.96. The largest absolute Gasteiger partial charge is 0.215 e. The normalized spacial score (nSPS) is 19.9. The second-order valence-corrected chi connectivity index (χ2v) is 6.61. The van der Waals surface area contributed by atoms with Crippen LogP contribution in [-0.4, -0.2) is 31.1 Å². The standard InChI is InChI=1S/C11H20N2O2S/c1-3-4-9-16(14,15)13(2)11(10-12)7-5-6-8-11/h3-9H2,1-2H3. The first-order chi connectivity index (χ1) is 7.48. The minimum absolute atomic E-state index is 0.156. The first-order valence-corrected chi connectivity index (χ1v) is 7.47. The van der Waals surface area contributed by atoms with Gasteiger partial charge >= 0.3 is 0 Å². The SMILES string of the molecule is CCCCS(=O)(=O)N(C)C1(C#N)CCCC1. The molecular formula is C11H20N2O2S. The monoisotopic (exact) mass is 244 g/mol. The van der Waals surface area contributed by atoms with Gasteiger partial charge in [-0.1, -0.05) is 26.2 Å². The molecule has 1 aliphatic carbocycles. The van der Waals surface area contributed by atoms with Crippen LogP contribution in [0.3, 0.4) is 0 Å². The maximum atomic E-state index is 12.0. The van der Waals surface area contributed by atoms with E-state index in [-0.39, 0.29) is 5.75 Å². The first kappa shape index (κ1) is 13.5. The van der Waals surface area contributed by atoms with Gasteiger partial charge in [-0.15, -0.1) is 0 Å². The molecule has 0 aromatic heterocycles. The summed E-state index contributed by atoms with van der Waals surface area (Å²) in [6, 6.07) is 2.21. The van der Waals surface area contributed by atoms with E-state index in [0.717, 1.165) is 19.3 Å². The van der Waals surface area contributed by atoms with Crippen molar-refractivity contribution in [1.29, 1.82) is 5.26 Å². The third kappa shape index (κ3) is 2.55. The summed E-state index contributed by atoms with van der Waals surface area (Å²) in [5, 5.41) is 9.22. The summed E-state index contributed by atoms with van der Waals surface area (Å²) >= 11 is 0. The number of nitrogens with zero attached hydrogens (tertiary/aromatic N) is 2. The highest BCUT2D eigenvalue weighted by molar-refractivity contribution is 7.89. The Morgan fingerprint density at radius 2 is 1.94 bits per heavy atom. The van der Waals surface area contributed by atoms with Crippen LogP contribution in [0.2, 0.25) is 0 Å². The van der Waals surface area contributed by atoms with Gasteiger partial charge in [0.25, 0.3) is 0 Å². The zero-order chi connectivity index (χ0) is 12.2. The summed E-state index contributed by atoms with van der Waals surface area (Å²) in [7, 11) is -1.71. The minimum atomic E-state index is -3.27. The Hall–Kier alpha value is -0.600. The van der Waals surface area contributed by atoms with Crippen molar-refractivity contribution in [3.8, 4) is 6.07 Å². The van der Waals surface area contributed by atoms with Gasteiger partial charge in [0, 0.05) is 7.05 Å². The van der Waals surface area contributed by atoms with Gasteiger partial charge in [0.15, 0.2) is 0 Å². The highest BCUT2D eigenvalue weighted by atomic mass is 32.2. The Morgan fingerprint density at radius 3 is 2.38 bits per heavy atom. The molecular weight excluding hydrogens is 224 g/mol. The average Bonchev–Trinajstić information content (AvgIpc) is 2.75. The molecule has 92 valence electrons. The van der Waals surface area contributed by atoms with Gasteiger partial charge in [0.1, 0.15) is 5.54 Å². The highest BCUT2D eigenvalue weighted by Crippen LogP contribution is 2.35. The molecule has 0 aliphatic heterocycles. The van der Waals surface area contributed by atoms with Gasteiger partial charge in [0.05, 0.1) is 11.8 Å². The molecule has 0 bridgehead atoms. The zero-order valence-corrected chi connectivity index (χ0v) is 10.9. The molecule has 0 atom stereocenters. The molecule has 1 fully saturated rings. The predicted molar refractivity (Wildman–Crippen MR) is 63.3 cm³/mol. The van der Waals surface area contributed by atoms with Gasteiger partial charge in [-0.05, 0) is 19.3 Å². The second-order valence-electron chi connectivity index (χ2n) is 4.49. The number of hydrogen-bond acceptors (Lipinski definition) is 3. The number of sulfonamides is 1. The molecule has 1 aliphatic rings. The fourth-order valence-electron chi connectivity index (χ4n) is 2.19. The van der Waals surface area contributed by atoms with Crippen molar-refractivity contribution in [2.24, 2.45) is 0 Å². The van der Waals surface area contributed by atoms with E-state index in [9.17, 15) is 13.7 Å². The maximum Gasteiger partial charge on any atom is 0.215 e. The Labute approximate surface area is 98.3 Å². The molecule has 0 saturated heterocycles. The molecule has 5 heteroatoms. The van der Waals surface area contributed by atoms with E-state index in [1.165, 1.54) is 4.31 Å². The van der Waals surface area contributed by atoms with Crippen molar-refractivity contribution in [2.45, 2.75) is 51.0 Å². The summed E-state index contributed by atoms with van der Waals surface area (Å²) < 4.78 is 25.4. The fraction of sp³-hybridized carbons (Fsp3) is 0.909. The van der Waals surface area contributed by atoms with Crippen LogP contribution >= 0.6 is 0 Å². The van der Waals surface area contributed by atoms with Crippen LogP contribution in [0.4, 0.5) is 0 Å². The van der Waals surface area contributed by atoms with E-state index in [0.29, 0.717) is 19.3 Å². The lowest BCUT2D eigenvalue weighted by Crippen LogP contribution is -2.47. The Morgan fingerprint density at radius 1 is 1.38 bits per heavy atom.